The molecule has 90 valence electrons. The highest BCUT2D eigenvalue weighted by molar-refractivity contribution is 6.03. The minimum absolute atomic E-state index is 0.278. The molecular formula is C15H14N2O. The average Bonchev–Trinajstić information content (AvgIpc) is 2.60. The number of phenolic OH excluding ortho intramolecular Hbond substituents is 1. The summed E-state index contributed by atoms with van der Waals surface area (Å²) in [6.07, 6.45) is 0.845. The number of para-hydroxylation sites is 2. The number of phenols is 1. The van der Waals surface area contributed by atoms with Crippen LogP contribution in [-0.4, -0.2) is 17.4 Å². The Kier molecular flexibility index (Phi) is 2.73. The molecule has 0 aliphatic carbocycles. The van der Waals surface area contributed by atoms with Gasteiger partial charge < -0.3 is 10.4 Å². The summed E-state index contributed by atoms with van der Waals surface area (Å²) in [5.74, 6) is 0.278. The van der Waals surface area contributed by atoms with Crippen LogP contribution in [0.3, 0.4) is 0 Å². The van der Waals surface area contributed by atoms with E-state index in [1.807, 2.05) is 36.4 Å². The molecule has 0 radical (unpaired) electrons. The van der Waals surface area contributed by atoms with Gasteiger partial charge in [0.15, 0.2) is 0 Å². The van der Waals surface area contributed by atoms with E-state index in [9.17, 15) is 5.11 Å². The minimum Gasteiger partial charge on any atom is -0.508 e. The molecule has 0 saturated heterocycles. The number of aromatic hydroxyl groups is 1. The van der Waals surface area contributed by atoms with Crippen molar-refractivity contribution in [2.75, 3.05) is 11.9 Å². The van der Waals surface area contributed by atoms with Gasteiger partial charge in [-0.25, -0.2) is 0 Å². The molecule has 1 aliphatic rings. The number of anilines is 1. The van der Waals surface area contributed by atoms with E-state index in [4.69, 9.17) is 4.99 Å². The largest absolute Gasteiger partial charge is 0.508 e. The van der Waals surface area contributed by atoms with Crippen molar-refractivity contribution in [2.24, 2.45) is 4.99 Å². The van der Waals surface area contributed by atoms with Gasteiger partial charge >= 0.3 is 0 Å². The number of benzene rings is 2. The fourth-order valence-electron chi connectivity index (χ4n) is 2.13. The van der Waals surface area contributed by atoms with Crippen LogP contribution >= 0.6 is 0 Å². The van der Waals surface area contributed by atoms with Crippen molar-refractivity contribution in [3.63, 3.8) is 0 Å². The summed E-state index contributed by atoms with van der Waals surface area (Å²) >= 11 is 0. The first kappa shape index (κ1) is 10.8. The zero-order chi connectivity index (χ0) is 12.4. The Bertz CT molecular complexity index is 605. The molecule has 0 bridgehead atoms. The lowest BCUT2D eigenvalue weighted by atomic mass is 10.1. The summed E-state index contributed by atoms with van der Waals surface area (Å²) in [6, 6.07) is 15.3. The van der Waals surface area contributed by atoms with E-state index >= 15 is 0 Å². The molecular weight excluding hydrogens is 224 g/mol. The van der Waals surface area contributed by atoms with E-state index in [-0.39, 0.29) is 5.75 Å². The summed E-state index contributed by atoms with van der Waals surface area (Å²) in [4.78, 5) is 4.69. The first-order valence-corrected chi connectivity index (χ1v) is 6.03. The zero-order valence-corrected chi connectivity index (χ0v) is 9.93. The van der Waals surface area contributed by atoms with Crippen molar-refractivity contribution in [3.05, 3.63) is 54.1 Å². The van der Waals surface area contributed by atoms with Crippen LogP contribution in [-0.2, 0) is 0 Å². The normalized spacial score (nSPS) is 14.1. The Hall–Kier alpha value is -2.29. The molecule has 0 spiro atoms. The number of nitrogens with one attached hydrogen (secondary N) is 1. The second kappa shape index (κ2) is 4.53. The van der Waals surface area contributed by atoms with Crippen molar-refractivity contribution < 1.29 is 5.11 Å². The molecule has 1 aliphatic heterocycles. The minimum atomic E-state index is 0.278. The molecule has 2 aromatic rings. The Morgan fingerprint density at radius 3 is 2.83 bits per heavy atom. The molecule has 2 aromatic carbocycles. The SMILES string of the molecule is Oc1cccc(C2=Nc3ccccc3NCC2)c1. The highest BCUT2D eigenvalue weighted by Crippen LogP contribution is 2.28. The number of rotatable bonds is 1. The van der Waals surface area contributed by atoms with E-state index in [1.165, 1.54) is 0 Å². The Balaban J connectivity index is 2.05. The van der Waals surface area contributed by atoms with Crippen LogP contribution in [0.2, 0.25) is 0 Å². The van der Waals surface area contributed by atoms with Gasteiger partial charge in [-0.2, -0.15) is 0 Å². The second-order valence-electron chi connectivity index (χ2n) is 4.30. The van der Waals surface area contributed by atoms with E-state index < -0.39 is 0 Å². The number of nitrogens with zero attached hydrogens (tertiary/aromatic N) is 1. The maximum atomic E-state index is 9.54. The van der Waals surface area contributed by atoms with E-state index in [0.29, 0.717) is 0 Å². The number of hydrogen-bond acceptors (Lipinski definition) is 3. The van der Waals surface area contributed by atoms with Crippen molar-refractivity contribution in [2.45, 2.75) is 6.42 Å². The zero-order valence-electron chi connectivity index (χ0n) is 9.93. The van der Waals surface area contributed by atoms with E-state index in [2.05, 4.69) is 5.32 Å². The lowest BCUT2D eigenvalue weighted by molar-refractivity contribution is 0.475. The van der Waals surface area contributed by atoms with Gasteiger partial charge in [0.2, 0.25) is 0 Å². The summed E-state index contributed by atoms with van der Waals surface area (Å²) in [7, 11) is 0. The molecule has 0 unspecified atom stereocenters. The molecule has 3 rings (SSSR count). The van der Waals surface area contributed by atoms with Gasteiger partial charge in [-0.05, 0) is 29.8 Å². The second-order valence-corrected chi connectivity index (χ2v) is 4.30. The summed E-state index contributed by atoms with van der Waals surface area (Å²) in [5.41, 5.74) is 4.00. The topological polar surface area (TPSA) is 44.6 Å². The summed E-state index contributed by atoms with van der Waals surface area (Å²) in [6.45, 7) is 0.853. The molecule has 0 fully saturated rings. The van der Waals surface area contributed by atoms with Crippen LogP contribution in [0.1, 0.15) is 12.0 Å². The van der Waals surface area contributed by atoms with Gasteiger partial charge in [0.25, 0.3) is 0 Å². The van der Waals surface area contributed by atoms with E-state index in [1.54, 1.807) is 12.1 Å². The average molecular weight is 238 g/mol. The van der Waals surface area contributed by atoms with Crippen molar-refractivity contribution in [1.29, 1.82) is 0 Å². The molecule has 0 saturated carbocycles. The Morgan fingerprint density at radius 2 is 1.94 bits per heavy atom. The third-order valence-corrected chi connectivity index (χ3v) is 3.02. The van der Waals surface area contributed by atoms with Crippen LogP contribution in [0.4, 0.5) is 11.4 Å². The maximum absolute atomic E-state index is 9.54. The molecule has 3 heteroatoms. The standard InChI is InChI=1S/C15H14N2O/c18-12-5-3-4-11(10-12)13-8-9-16-14-6-1-2-7-15(14)17-13/h1-7,10,16,18H,8-9H2. The highest BCUT2D eigenvalue weighted by atomic mass is 16.3. The van der Waals surface area contributed by atoms with Crippen molar-refractivity contribution >= 4 is 17.1 Å². The molecule has 0 amide bonds. The third kappa shape index (κ3) is 2.07. The summed E-state index contributed by atoms with van der Waals surface area (Å²) < 4.78 is 0. The van der Waals surface area contributed by atoms with Gasteiger partial charge in [-0.1, -0.05) is 24.3 Å². The lowest BCUT2D eigenvalue weighted by Gasteiger charge is -2.04. The third-order valence-electron chi connectivity index (χ3n) is 3.02. The maximum Gasteiger partial charge on any atom is 0.116 e. The smallest absolute Gasteiger partial charge is 0.116 e. The van der Waals surface area contributed by atoms with Gasteiger partial charge in [0, 0.05) is 13.0 Å². The van der Waals surface area contributed by atoms with Crippen LogP contribution in [0.5, 0.6) is 5.75 Å². The lowest BCUT2D eigenvalue weighted by Crippen LogP contribution is -2.06. The van der Waals surface area contributed by atoms with Gasteiger partial charge in [0.1, 0.15) is 5.75 Å². The Morgan fingerprint density at radius 1 is 1.06 bits per heavy atom. The first-order valence-electron chi connectivity index (χ1n) is 6.03. The monoisotopic (exact) mass is 238 g/mol. The van der Waals surface area contributed by atoms with Gasteiger partial charge in [0.05, 0.1) is 17.1 Å². The van der Waals surface area contributed by atoms with Crippen molar-refractivity contribution in [1.82, 2.24) is 0 Å². The van der Waals surface area contributed by atoms with Crippen LogP contribution < -0.4 is 5.32 Å². The predicted octanol–water partition coefficient (Wildman–Crippen LogP) is 3.33. The van der Waals surface area contributed by atoms with Crippen LogP contribution in [0.25, 0.3) is 0 Å². The summed E-state index contributed by atoms with van der Waals surface area (Å²) in [5, 5.41) is 12.9. The number of hydrogen-bond donors (Lipinski definition) is 2. The molecule has 0 atom stereocenters. The van der Waals surface area contributed by atoms with Gasteiger partial charge in [-0.15, -0.1) is 0 Å². The van der Waals surface area contributed by atoms with Gasteiger partial charge in [-0.3, -0.25) is 4.99 Å². The molecule has 1 heterocycles. The van der Waals surface area contributed by atoms with Crippen LogP contribution in [0.15, 0.2) is 53.5 Å². The fourth-order valence-corrected chi connectivity index (χ4v) is 2.13. The number of fused-ring (bicyclic) bond motifs is 1. The fraction of sp³-hybridized carbons (Fsp3) is 0.133. The predicted molar refractivity (Wildman–Crippen MR) is 73.9 cm³/mol. The van der Waals surface area contributed by atoms with Crippen molar-refractivity contribution in [3.8, 4) is 5.75 Å². The Labute approximate surface area is 106 Å². The molecule has 2 N–H and O–H groups in total. The highest BCUT2D eigenvalue weighted by Gasteiger charge is 2.10. The molecule has 0 aromatic heterocycles. The van der Waals surface area contributed by atoms with E-state index in [0.717, 1.165) is 35.6 Å². The molecule has 18 heavy (non-hydrogen) atoms. The first-order chi connectivity index (χ1) is 8.83. The van der Waals surface area contributed by atoms with Crippen LogP contribution in [0, 0.1) is 0 Å². The quantitative estimate of drug-likeness (QED) is 0.800. The molecule has 3 nitrogen and oxygen atoms in total. The number of aliphatic imine (C=N–C) groups is 1.